The SMILES string of the molecule is CC(=O)Oc1c2n(ccc1=O)N(C1c3ccccc3CSc3cc(Br)ccc31)CN([C@H](C)C(F)(F)F)C2=O. The lowest BCUT2D eigenvalue weighted by atomic mass is 9.94. The number of hydrogen-bond acceptors (Lipinski definition) is 6. The van der Waals surface area contributed by atoms with Gasteiger partial charge in [0, 0.05) is 34.3 Å². The Bertz CT molecular complexity index is 1510. The molecule has 5 rings (SSSR count). The summed E-state index contributed by atoms with van der Waals surface area (Å²) in [6.45, 7) is 1.51. The second-order valence-corrected chi connectivity index (χ2v) is 10.9. The third-order valence-corrected chi connectivity index (χ3v) is 8.17. The molecule has 1 aromatic heterocycles. The van der Waals surface area contributed by atoms with Gasteiger partial charge in [0.1, 0.15) is 12.7 Å². The monoisotopic (exact) mass is 607 g/mol. The molecule has 2 aromatic carbocycles. The molecule has 0 spiro atoms. The molecular formula is C26H21BrF3N3O4S. The average molecular weight is 608 g/mol. The van der Waals surface area contributed by atoms with Crippen LogP contribution in [0.5, 0.6) is 5.75 Å². The average Bonchev–Trinajstić information content (AvgIpc) is 3.01. The molecule has 0 N–H and O–H groups in total. The van der Waals surface area contributed by atoms with Gasteiger partial charge in [0.25, 0.3) is 5.91 Å². The second kappa shape index (κ2) is 9.81. The van der Waals surface area contributed by atoms with Crippen molar-refractivity contribution in [2.75, 3.05) is 11.7 Å². The van der Waals surface area contributed by atoms with Gasteiger partial charge in [0.15, 0.2) is 5.69 Å². The van der Waals surface area contributed by atoms with Crippen molar-refractivity contribution in [2.24, 2.45) is 0 Å². The van der Waals surface area contributed by atoms with E-state index in [0.717, 1.165) is 46.0 Å². The van der Waals surface area contributed by atoms with Crippen LogP contribution in [-0.4, -0.2) is 40.3 Å². The molecular weight excluding hydrogens is 587 g/mol. The summed E-state index contributed by atoms with van der Waals surface area (Å²) in [4.78, 5) is 39.6. The molecule has 0 radical (unpaired) electrons. The van der Waals surface area contributed by atoms with Gasteiger partial charge in [-0.15, -0.1) is 11.8 Å². The zero-order valence-corrected chi connectivity index (χ0v) is 22.6. The molecule has 12 heteroatoms. The Morgan fingerprint density at radius 1 is 1.13 bits per heavy atom. The van der Waals surface area contributed by atoms with Crippen molar-refractivity contribution in [3.8, 4) is 5.75 Å². The molecule has 2 aliphatic rings. The van der Waals surface area contributed by atoms with Crippen molar-refractivity contribution in [1.82, 2.24) is 9.58 Å². The number of rotatable bonds is 3. The number of alkyl halides is 3. The van der Waals surface area contributed by atoms with Crippen LogP contribution in [0.15, 0.2) is 68.9 Å². The number of fused-ring (bicyclic) bond motifs is 3. The lowest BCUT2D eigenvalue weighted by Gasteiger charge is -2.46. The quantitative estimate of drug-likeness (QED) is 0.380. The van der Waals surface area contributed by atoms with Gasteiger partial charge < -0.3 is 9.64 Å². The van der Waals surface area contributed by atoms with Crippen molar-refractivity contribution in [2.45, 2.75) is 42.8 Å². The minimum absolute atomic E-state index is 0.436. The second-order valence-electron chi connectivity index (χ2n) is 8.94. The van der Waals surface area contributed by atoms with Crippen LogP contribution in [0.25, 0.3) is 0 Å². The maximum atomic E-state index is 14.0. The Labute approximate surface area is 228 Å². The van der Waals surface area contributed by atoms with E-state index in [-0.39, 0.29) is 0 Å². The van der Waals surface area contributed by atoms with Gasteiger partial charge in [-0.2, -0.15) is 13.2 Å². The molecule has 0 fully saturated rings. The number of ether oxygens (including phenoxy) is 1. The largest absolute Gasteiger partial charge is 0.420 e. The first-order chi connectivity index (χ1) is 18.0. The molecule has 0 bridgehead atoms. The van der Waals surface area contributed by atoms with E-state index in [1.165, 1.54) is 10.9 Å². The van der Waals surface area contributed by atoms with Gasteiger partial charge in [0.05, 0.1) is 6.04 Å². The number of esters is 1. The summed E-state index contributed by atoms with van der Waals surface area (Å²) in [5.41, 5.74) is 1.40. The first-order valence-corrected chi connectivity index (χ1v) is 13.3. The number of halogens is 4. The minimum atomic E-state index is -4.74. The summed E-state index contributed by atoms with van der Waals surface area (Å²) in [7, 11) is 0. The zero-order chi connectivity index (χ0) is 27.4. The van der Waals surface area contributed by atoms with Crippen LogP contribution in [0.3, 0.4) is 0 Å². The number of nitrogens with zero attached hydrogens (tertiary/aromatic N) is 3. The van der Waals surface area contributed by atoms with Gasteiger partial charge in [-0.1, -0.05) is 46.3 Å². The van der Waals surface area contributed by atoms with Gasteiger partial charge in [-0.25, -0.2) is 0 Å². The lowest BCUT2D eigenvalue weighted by Crippen LogP contribution is -2.60. The van der Waals surface area contributed by atoms with Crippen LogP contribution in [0, 0.1) is 0 Å². The predicted molar refractivity (Wildman–Crippen MR) is 139 cm³/mol. The third-order valence-electron chi connectivity index (χ3n) is 6.56. The molecule has 0 aliphatic carbocycles. The third kappa shape index (κ3) is 4.60. The highest BCUT2D eigenvalue weighted by Gasteiger charge is 2.48. The summed E-state index contributed by atoms with van der Waals surface area (Å²) in [6, 6.07) is 11.6. The van der Waals surface area contributed by atoms with E-state index in [1.54, 1.807) is 16.8 Å². The van der Waals surface area contributed by atoms with E-state index < -0.39 is 53.7 Å². The molecule has 198 valence electrons. The van der Waals surface area contributed by atoms with Gasteiger partial charge >= 0.3 is 12.1 Å². The first-order valence-electron chi connectivity index (χ1n) is 11.6. The van der Waals surface area contributed by atoms with Crippen molar-refractivity contribution >= 4 is 39.6 Å². The number of hydrogen-bond donors (Lipinski definition) is 0. The number of thioether (sulfide) groups is 1. The fourth-order valence-electron chi connectivity index (χ4n) is 4.70. The summed E-state index contributed by atoms with van der Waals surface area (Å²) in [6.07, 6.45) is -3.41. The van der Waals surface area contributed by atoms with Crippen LogP contribution in [-0.2, 0) is 10.5 Å². The maximum Gasteiger partial charge on any atom is 0.408 e. The van der Waals surface area contributed by atoms with E-state index >= 15 is 0 Å². The molecule has 7 nitrogen and oxygen atoms in total. The molecule has 3 aromatic rings. The number of carbonyl (C=O) groups excluding carboxylic acids is 2. The number of pyridine rings is 1. The van der Waals surface area contributed by atoms with Crippen LogP contribution >= 0.6 is 27.7 Å². The standard InChI is InChI=1S/C26H21BrF3N3O4S/c1-14(26(28,29)30)31-13-33(32-10-9-20(35)24(37-15(2)34)23(32)25(31)36)22-18-6-4-3-5-16(18)12-38-21-11-17(27)7-8-19(21)22/h3-11,14,22H,12-13H2,1-2H3/t14-,22?/m1/s1. The Balaban J connectivity index is 1.80. The van der Waals surface area contributed by atoms with Crippen molar-refractivity contribution in [3.63, 3.8) is 0 Å². The molecule has 1 amide bonds. The molecule has 0 saturated heterocycles. The van der Waals surface area contributed by atoms with E-state index in [9.17, 15) is 27.6 Å². The Morgan fingerprint density at radius 3 is 2.58 bits per heavy atom. The highest BCUT2D eigenvalue weighted by Crippen LogP contribution is 2.44. The highest BCUT2D eigenvalue weighted by molar-refractivity contribution is 9.10. The maximum absolute atomic E-state index is 14.0. The van der Waals surface area contributed by atoms with E-state index in [4.69, 9.17) is 4.74 Å². The summed E-state index contributed by atoms with van der Waals surface area (Å²) in [5, 5.41) is 1.60. The topological polar surface area (TPSA) is 71.8 Å². The molecule has 0 saturated carbocycles. The molecule has 1 unspecified atom stereocenters. The minimum Gasteiger partial charge on any atom is -0.420 e. The van der Waals surface area contributed by atoms with Gasteiger partial charge in [0.2, 0.25) is 11.2 Å². The van der Waals surface area contributed by atoms with Crippen LogP contribution in [0.4, 0.5) is 13.2 Å². The first kappa shape index (κ1) is 26.4. The fourth-order valence-corrected chi connectivity index (χ4v) is 6.35. The Kier molecular flexibility index (Phi) is 6.80. The number of aromatic nitrogens is 1. The summed E-state index contributed by atoms with van der Waals surface area (Å²) < 4.78 is 49.2. The van der Waals surface area contributed by atoms with E-state index in [1.807, 2.05) is 42.5 Å². The smallest absolute Gasteiger partial charge is 0.408 e. The van der Waals surface area contributed by atoms with E-state index in [0.29, 0.717) is 10.7 Å². The van der Waals surface area contributed by atoms with Crippen molar-refractivity contribution in [1.29, 1.82) is 0 Å². The zero-order valence-electron chi connectivity index (χ0n) is 20.2. The van der Waals surface area contributed by atoms with Crippen molar-refractivity contribution in [3.05, 3.63) is 91.8 Å². The number of amides is 1. The van der Waals surface area contributed by atoms with Crippen molar-refractivity contribution < 1.29 is 27.5 Å². The molecule has 38 heavy (non-hydrogen) atoms. The number of benzene rings is 2. The van der Waals surface area contributed by atoms with Gasteiger partial charge in [-0.05, 0) is 35.7 Å². The molecule has 2 aliphatic heterocycles. The Morgan fingerprint density at radius 2 is 1.87 bits per heavy atom. The molecule has 2 atom stereocenters. The summed E-state index contributed by atoms with van der Waals surface area (Å²) in [5.74, 6) is -1.92. The predicted octanol–water partition coefficient (Wildman–Crippen LogP) is 5.23. The van der Waals surface area contributed by atoms with E-state index in [2.05, 4.69) is 15.9 Å². The van der Waals surface area contributed by atoms with Crippen LogP contribution in [0.2, 0.25) is 0 Å². The lowest BCUT2D eigenvalue weighted by molar-refractivity contribution is -0.173. The Hall–Kier alpha value is -3.25. The van der Waals surface area contributed by atoms with Gasteiger partial charge in [-0.3, -0.25) is 24.1 Å². The van der Waals surface area contributed by atoms with Crippen LogP contribution in [0.1, 0.15) is 47.1 Å². The normalized spacial score (nSPS) is 17.7. The fraction of sp³-hybridized carbons (Fsp3) is 0.269. The molecule has 3 heterocycles. The van der Waals surface area contributed by atoms with Crippen LogP contribution < -0.4 is 15.2 Å². The number of carbonyl (C=O) groups is 2. The highest BCUT2D eigenvalue weighted by atomic mass is 79.9. The summed E-state index contributed by atoms with van der Waals surface area (Å²) >= 11 is 5.09.